The zero-order chi connectivity index (χ0) is 22.0. The number of rotatable bonds is 4. The van der Waals surface area contributed by atoms with E-state index >= 15 is 0 Å². The predicted molar refractivity (Wildman–Crippen MR) is 111 cm³/mol. The summed E-state index contributed by atoms with van der Waals surface area (Å²) in [5, 5.41) is 0.849. The molecule has 1 aromatic heterocycles. The highest BCUT2D eigenvalue weighted by Crippen LogP contribution is 2.24. The Bertz CT molecular complexity index is 1080. The third-order valence-corrected chi connectivity index (χ3v) is 5.30. The molecule has 1 aliphatic heterocycles. The van der Waals surface area contributed by atoms with Gasteiger partial charge in [-0.25, -0.2) is 0 Å². The van der Waals surface area contributed by atoms with Crippen LogP contribution >= 0.6 is 0 Å². The van der Waals surface area contributed by atoms with Crippen molar-refractivity contribution >= 4 is 16.8 Å². The molecule has 0 bridgehead atoms. The minimum atomic E-state index is -4.69. The Morgan fingerprint density at radius 1 is 1.03 bits per heavy atom. The van der Waals surface area contributed by atoms with Crippen LogP contribution in [0.4, 0.5) is 13.2 Å². The molecular weight excluding hydrogens is 407 g/mol. The van der Waals surface area contributed by atoms with Gasteiger partial charge in [-0.15, -0.1) is 13.2 Å². The second-order valence-electron chi connectivity index (χ2n) is 7.59. The van der Waals surface area contributed by atoms with Crippen molar-refractivity contribution < 1.29 is 22.7 Å². The van der Waals surface area contributed by atoms with Crippen molar-refractivity contribution in [2.24, 2.45) is 0 Å². The molecule has 2 aromatic carbocycles. The molecular formula is C23H22F3N3O2. The molecule has 2 heterocycles. The summed E-state index contributed by atoms with van der Waals surface area (Å²) >= 11 is 0. The second-order valence-corrected chi connectivity index (χ2v) is 7.59. The fraction of sp³-hybridized carbons (Fsp3) is 0.304. The summed E-state index contributed by atoms with van der Waals surface area (Å²) in [5.74, 6) is -0.235. The summed E-state index contributed by atoms with van der Waals surface area (Å²) in [6.07, 6.45) is -4.69. The minimum absolute atomic E-state index is 0.00463. The van der Waals surface area contributed by atoms with Crippen LogP contribution in [0.2, 0.25) is 0 Å². The van der Waals surface area contributed by atoms with Gasteiger partial charge in [0.25, 0.3) is 5.91 Å². The van der Waals surface area contributed by atoms with E-state index in [1.165, 1.54) is 12.1 Å². The number of halogens is 3. The lowest BCUT2D eigenvalue weighted by atomic mass is 10.1. The van der Waals surface area contributed by atoms with E-state index in [2.05, 4.69) is 14.6 Å². The van der Waals surface area contributed by atoms with Gasteiger partial charge >= 0.3 is 6.36 Å². The van der Waals surface area contributed by atoms with E-state index in [9.17, 15) is 18.0 Å². The lowest BCUT2D eigenvalue weighted by molar-refractivity contribution is -0.274. The molecule has 4 rings (SSSR count). The Kier molecular flexibility index (Phi) is 5.82. The number of aromatic nitrogens is 1. The number of fused-ring (bicyclic) bond motifs is 1. The number of benzene rings is 2. The summed E-state index contributed by atoms with van der Waals surface area (Å²) in [4.78, 5) is 21.7. The third kappa shape index (κ3) is 5.14. The number of ether oxygens (including phenoxy) is 1. The summed E-state index contributed by atoms with van der Waals surface area (Å²) in [6, 6.07) is 15.4. The highest BCUT2D eigenvalue weighted by molar-refractivity contribution is 6.06. The highest BCUT2D eigenvalue weighted by Gasteiger charge is 2.31. The standard InChI is InChI=1S/C23H22F3N3O2/c1-16-14-20(19-4-2-3-5-21(19)27-16)22(30)29-12-10-28(11-13-29)15-17-6-8-18(9-7-17)31-23(24,25)26/h2-9,14H,10-13,15H2,1H3. The summed E-state index contributed by atoms with van der Waals surface area (Å²) in [7, 11) is 0. The smallest absolute Gasteiger partial charge is 0.406 e. The maximum absolute atomic E-state index is 13.2. The van der Waals surface area contributed by atoms with Crippen LogP contribution in [-0.4, -0.2) is 53.2 Å². The molecule has 0 atom stereocenters. The van der Waals surface area contributed by atoms with Crippen LogP contribution in [0, 0.1) is 6.92 Å². The zero-order valence-electron chi connectivity index (χ0n) is 17.0. The molecule has 8 heteroatoms. The van der Waals surface area contributed by atoms with E-state index < -0.39 is 6.36 Å². The normalized spacial score (nSPS) is 15.3. The van der Waals surface area contributed by atoms with Crippen molar-refractivity contribution in [1.82, 2.24) is 14.8 Å². The van der Waals surface area contributed by atoms with E-state index in [1.54, 1.807) is 12.1 Å². The zero-order valence-corrected chi connectivity index (χ0v) is 17.0. The second kappa shape index (κ2) is 8.55. The van der Waals surface area contributed by atoms with E-state index in [0.717, 1.165) is 22.2 Å². The molecule has 0 aliphatic carbocycles. The Morgan fingerprint density at radius 2 is 1.71 bits per heavy atom. The van der Waals surface area contributed by atoms with Crippen LogP contribution in [0.5, 0.6) is 5.75 Å². The minimum Gasteiger partial charge on any atom is -0.406 e. The van der Waals surface area contributed by atoms with E-state index in [-0.39, 0.29) is 11.7 Å². The summed E-state index contributed by atoms with van der Waals surface area (Å²) < 4.78 is 40.7. The first-order valence-corrected chi connectivity index (χ1v) is 10.0. The van der Waals surface area contributed by atoms with E-state index in [4.69, 9.17) is 0 Å². The van der Waals surface area contributed by atoms with Gasteiger partial charge in [0.2, 0.25) is 0 Å². The Morgan fingerprint density at radius 3 is 2.39 bits per heavy atom. The number of hydrogen-bond acceptors (Lipinski definition) is 4. The number of nitrogens with zero attached hydrogens (tertiary/aromatic N) is 3. The number of carbonyl (C=O) groups excluding carboxylic acids is 1. The Hall–Kier alpha value is -3.13. The Labute approximate surface area is 178 Å². The number of hydrogen-bond donors (Lipinski definition) is 0. The maximum atomic E-state index is 13.2. The van der Waals surface area contributed by atoms with Crippen molar-refractivity contribution in [1.29, 1.82) is 0 Å². The predicted octanol–water partition coefficient (Wildman–Crippen LogP) is 4.40. The fourth-order valence-electron chi connectivity index (χ4n) is 3.82. The van der Waals surface area contributed by atoms with Gasteiger partial charge in [0.1, 0.15) is 5.75 Å². The lowest BCUT2D eigenvalue weighted by Gasteiger charge is -2.35. The van der Waals surface area contributed by atoms with Gasteiger partial charge in [-0.1, -0.05) is 30.3 Å². The van der Waals surface area contributed by atoms with Gasteiger partial charge < -0.3 is 9.64 Å². The van der Waals surface area contributed by atoms with E-state index in [0.29, 0.717) is 38.3 Å². The first kappa shape index (κ1) is 21.1. The van der Waals surface area contributed by atoms with Gasteiger partial charge in [-0.05, 0) is 36.8 Å². The monoisotopic (exact) mass is 429 g/mol. The summed E-state index contributed by atoms with van der Waals surface area (Å²) in [5.41, 5.74) is 3.17. The third-order valence-electron chi connectivity index (χ3n) is 5.30. The van der Waals surface area contributed by atoms with E-state index in [1.807, 2.05) is 42.2 Å². The molecule has 31 heavy (non-hydrogen) atoms. The lowest BCUT2D eigenvalue weighted by Crippen LogP contribution is -2.48. The molecule has 1 aliphatic rings. The number of carbonyl (C=O) groups is 1. The molecule has 1 fully saturated rings. The Balaban J connectivity index is 1.37. The highest BCUT2D eigenvalue weighted by atomic mass is 19.4. The van der Waals surface area contributed by atoms with Gasteiger partial charge in [-0.2, -0.15) is 0 Å². The number of alkyl halides is 3. The molecule has 1 amide bonds. The largest absolute Gasteiger partial charge is 0.573 e. The molecule has 0 unspecified atom stereocenters. The van der Waals surface area contributed by atoms with Gasteiger partial charge in [0.15, 0.2) is 0 Å². The summed E-state index contributed by atoms with van der Waals surface area (Å²) in [6.45, 7) is 5.04. The van der Waals surface area contributed by atoms with Crippen LogP contribution in [0.25, 0.3) is 10.9 Å². The number of para-hydroxylation sites is 1. The van der Waals surface area contributed by atoms with Crippen molar-refractivity contribution in [2.75, 3.05) is 26.2 Å². The fourth-order valence-corrected chi connectivity index (χ4v) is 3.82. The maximum Gasteiger partial charge on any atom is 0.573 e. The molecule has 0 saturated carbocycles. The SMILES string of the molecule is Cc1cc(C(=O)N2CCN(Cc3ccc(OC(F)(F)F)cc3)CC2)c2ccccc2n1. The van der Waals surface area contributed by atoms with Crippen LogP contribution in [0.3, 0.4) is 0 Å². The topological polar surface area (TPSA) is 45.7 Å². The molecule has 3 aromatic rings. The molecule has 0 N–H and O–H groups in total. The van der Waals surface area contributed by atoms with Crippen molar-refractivity contribution in [3.63, 3.8) is 0 Å². The molecule has 162 valence electrons. The van der Waals surface area contributed by atoms with Crippen LogP contribution < -0.4 is 4.74 Å². The number of amides is 1. The van der Waals surface area contributed by atoms with Crippen molar-refractivity contribution in [3.8, 4) is 5.75 Å². The molecule has 1 saturated heterocycles. The van der Waals surface area contributed by atoms with Crippen LogP contribution in [0.1, 0.15) is 21.6 Å². The molecule has 5 nitrogen and oxygen atoms in total. The van der Waals surface area contributed by atoms with Gasteiger partial charge in [0, 0.05) is 43.8 Å². The van der Waals surface area contributed by atoms with Gasteiger partial charge in [-0.3, -0.25) is 14.7 Å². The van der Waals surface area contributed by atoms with Crippen molar-refractivity contribution in [2.45, 2.75) is 19.8 Å². The van der Waals surface area contributed by atoms with Gasteiger partial charge in [0.05, 0.1) is 11.1 Å². The molecule has 0 radical (unpaired) electrons. The van der Waals surface area contributed by atoms with Crippen molar-refractivity contribution in [3.05, 3.63) is 71.4 Å². The number of piperazine rings is 1. The molecule has 0 spiro atoms. The quantitative estimate of drug-likeness (QED) is 0.617. The average Bonchev–Trinajstić information content (AvgIpc) is 2.73. The number of aryl methyl sites for hydroxylation is 1. The number of pyridine rings is 1. The average molecular weight is 429 g/mol. The van der Waals surface area contributed by atoms with Crippen LogP contribution in [-0.2, 0) is 6.54 Å². The first-order valence-electron chi connectivity index (χ1n) is 10.0. The van der Waals surface area contributed by atoms with Crippen LogP contribution in [0.15, 0.2) is 54.6 Å². The first-order chi connectivity index (χ1) is 14.8.